The Morgan fingerprint density at radius 2 is 1.78 bits per heavy atom. The first kappa shape index (κ1) is 30.8. The Labute approximate surface area is 266 Å². The number of hydrogen-bond donors (Lipinski definition) is 1. The van der Waals surface area contributed by atoms with Gasteiger partial charge in [-0.25, -0.2) is 4.39 Å². The van der Waals surface area contributed by atoms with Crippen LogP contribution in [0.3, 0.4) is 0 Å². The lowest BCUT2D eigenvalue weighted by atomic mass is 9.79. The molecule has 1 aromatic heterocycles. The number of benzene rings is 3. The second-order valence-electron chi connectivity index (χ2n) is 12.1. The molecule has 2 aliphatic rings. The Bertz CT molecular complexity index is 1790. The summed E-state index contributed by atoms with van der Waals surface area (Å²) in [5.74, 6) is -0.607. The van der Waals surface area contributed by atoms with Crippen molar-refractivity contribution < 1.29 is 18.4 Å². The van der Waals surface area contributed by atoms with E-state index >= 15 is 0 Å². The summed E-state index contributed by atoms with van der Waals surface area (Å²) >= 11 is 6.11. The molecular formula is C37H36ClFN2O4. The zero-order chi connectivity index (χ0) is 31.3. The van der Waals surface area contributed by atoms with E-state index in [2.05, 4.69) is 35.7 Å². The molecule has 6 rings (SSSR count). The van der Waals surface area contributed by atoms with E-state index in [0.717, 1.165) is 62.8 Å². The van der Waals surface area contributed by atoms with Crippen molar-refractivity contribution in [3.63, 3.8) is 0 Å². The first-order chi connectivity index (χ1) is 21.8. The van der Waals surface area contributed by atoms with Gasteiger partial charge in [0.2, 0.25) is 5.91 Å². The van der Waals surface area contributed by atoms with Crippen molar-refractivity contribution in [1.29, 1.82) is 0 Å². The lowest BCUT2D eigenvalue weighted by Crippen LogP contribution is -2.36. The zero-order valence-electron chi connectivity index (χ0n) is 25.1. The van der Waals surface area contributed by atoms with Gasteiger partial charge in [-0.2, -0.15) is 0 Å². The van der Waals surface area contributed by atoms with Crippen molar-refractivity contribution in [2.24, 2.45) is 0 Å². The number of nitrogens with zero attached hydrogens (tertiary/aromatic N) is 1. The maximum absolute atomic E-state index is 13.8. The first-order valence-corrected chi connectivity index (χ1v) is 16.0. The van der Waals surface area contributed by atoms with Crippen LogP contribution in [0.5, 0.6) is 0 Å². The van der Waals surface area contributed by atoms with Gasteiger partial charge in [0, 0.05) is 36.7 Å². The molecule has 4 aromatic rings. The third-order valence-electron chi connectivity index (χ3n) is 8.94. The van der Waals surface area contributed by atoms with Gasteiger partial charge in [-0.3, -0.25) is 14.4 Å². The van der Waals surface area contributed by atoms with Crippen LogP contribution in [0.2, 0.25) is 5.02 Å². The molecule has 1 aliphatic carbocycles. The SMILES string of the molecule is O=C(N[C@H](C=C1CCC(c2ccccc2CN2CCCCC2=O)CC1)Cc1ccc(Cl)cc1)c1cc(=O)c2ccc(F)cc2o1. The normalized spacial score (nSPS) is 17.7. The van der Waals surface area contributed by atoms with E-state index < -0.39 is 17.2 Å². The molecule has 2 amide bonds. The van der Waals surface area contributed by atoms with E-state index in [0.29, 0.717) is 30.3 Å². The molecule has 0 unspecified atom stereocenters. The molecule has 45 heavy (non-hydrogen) atoms. The standard InChI is InChI=1S/C37H36ClFN2O4/c38-28-14-10-25(11-15-28)20-30(40-37(44)35-22-33(42)32-17-16-29(39)21-34(32)45-35)19-24-8-12-26(13-9-24)31-6-2-1-5-27(31)23-41-18-4-3-7-36(41)43/h1-2,5-6,10-11,14-17,19,21-22,26,30H,3-4,7-9,12-13,18,20,23H2,(H,40,44)/t26?,30-/m1/s1. The molecule has 3 aromatic carbocycles. The van der Waals surface area contributed by atoms with E-state index in [4.69, 9.17) is 16.0 Å². The average molecular weight is 627 g/mol. The van der Waals surface area contributed by atoms with Crippen LogP contribution in [0, 0.1) is 5.82 Å². The van der Waals surface area contributed by atoms with Crippen LogP contribution >= 0.6 is 11.6 Å². The van der Waals surface area contributed by atoms with Crippen LogP contribution in [0.15, 0.2) is 93.7 Å². The molecule has 6 nitrogen and oxygen atoms in total. The van der Waals surface area contributed by atoms with Gasteiger partial charge < -0.3 is 14.6 Å². The Hall–Kier alpha value is -4.23. The number of halogens is 2. The van der Waals surface area contributed by atoms with Gasteiger partial charge in [0.25, 0.3) is 5.91 Å². The molecule has 0 bridgehead atoms. The number of piperidine rings is 1. The molecule has 1 N–H and O–H groups in total. The number of carbonyl (C=O) groups excluding carboxylic acids is 2. The summed E-state index contributed by atoms with van der Waals surface area (Å²) in [5.41, 5.74) is 4.44. The number of fused-ring (bicyclic) bond motifs is 1. The van der Waals surface area contributed by atoms with E-state index in [1.807, 2.05) is 29.2 Å². The first-order valence-electron chi connectivity index (χ1n) is 15.7. The summed E-state index contributed by atoms with van der Waals surface area (Å²) in [4.78, 5) is 40.5. The fraction of sp³-hybridized carbons (Fsp3) is 0.324. The second-order valence-corrected chi connectivity index (χ2v) is 12.5. The van der Waals surface area contributed by atoms with Crippen LogP contribution in [-0.4, -0.2) is 29.3 Å². The summed E-state index contributed by atoms with van der Waals surface area (Å²) in [5, 5.41) is 3.89. The number of nitrogens with one attached hydrogen (secondary N) is 1. The summed E-state index contributed by atoms with van der Waals surface area (Å²) in [7, 11) is 0. The van der Waals surface area contributed by atoms with Crippen molar-refractivity contribution in [1.82, 2.24) is 10.2 Å². The molecule has 2 heterocycles. The van der Waals surface area contributed by atoms with Gasteiger partial charge in [0.15, 0.2) is 11.2 Å². The summed E-state index contributed by atoms with van der Waals surface area (Å²) in [6.07, 6.45) is 9.05. The van der Waals surface area contributed by atoms with Gasteiger partial charge >= 0.3 is 0 Å². The minimum atomic E-state index is -0.549. The summed E-state index contributed by atoms with van der Waals surface area (Å²) < 4.78 is 19.5. The van der Waals surface area contributed by atoms with Crippen LogP contribution in [0.25, 0.3) is 11.0 Å². The minimum absolute atomic E-state index is 0.0310. The molecule has 232 valence electrons. The predicted octanol–water partition coefficient (Wildman–Crippen LogP) is 7.72. The monoisotopic (exact) mass is 626 g/mol. The molecule has 1 aliphatic heterocycles. The van der Waals surface area contributed by atoms with Crippen LogP contribution in [0.4, 0.5) is 4.39 Å². The largest absolute Gasteiger partial charge is 0.451 e. The van der Waals surface area contributed by atoms with Crippen LogP contribution in [0.1, 0.15) is 78.1 Å². The van der Waals surface area contributed by atoms with Crippen LogP contribution in [-0.2, 0) is 17.8 Å². The molecule has 8 heteroatoms. The zero-order valence-corrected chi connectivity index (χ0v) is 25.8. The van der Waals surface area contributed by atoms with Gasteiger partial charge in [0.05, 0.1) is 11.4 Å². The van der Waals surface area contributed by atoms with Gasteiger partial charge in [0.1, 0.15) is 11.4 Å². The maximum Gasteiger partial charge on any atom is 0.287 e. The number of likely N-dealkylation sites (tertiary alicyclic amines) is 1. The fourth-order valence-electron chi connectivity index (χ4n) is 6.57. The second kappa shape index (κ2) is 13.8. The topological polar surface area (TPSA) is 79.6 Å². The number of hydrogen-bond acceptors (Lipinski definition) is 4. The molecule has 1 atom stereocenters. The smallest absolute Gasteiger partial charge is 0.287 e. The van der Waals surface area contributed by atoms with Crippen molar-refractivity contribution >= 4 is 34.4 Å². The van der Waals surface area contributed by atoms with Gasteiger partial charge in [-0.1, -0.05) is 59.6 Å². The van der Waals surface area contributed by atoms with Crippen molar-refractivity contribution in [2.45, 2.75) is 69.9 Å². The molecule has 1 saturated carbocycles. The highest BCUT2D eigenvalue weighted by Crippen LogP contribution is 2.37. The third kappa shape index (κ3) is 7.54. The number of carbonyl (C=O) groups is 2. The van der Waals surface area contributed by atoms with Gasteiger partial charge in [-0.05, 0) is 91.8 Å². The quantitative estimate of drug-likeness (QED) is 0.203. The highest BCUT2D eigenvalue weighted by Gasteiger charge is 2.25. The van der Waals surface area contributed by atoms with Crippen molar-refractivity contribution in [2.75, 3.05) is 6.54 Å². The predicted molar refractivity (Wildman–Crippen MR) is 174 cm³/mol. The fourth-order valence-corrected chi connectivity index (χ4v) is 6.69. The molecule has 1 saturated heterocycles. The highest BCUT2D eigenvalue weighted by atomic mass is 35.5. The Morgan fingerprint density at radius 1 is 1.00 bits per heavy atom. The Kier molecular flexibility index (Phi) is 9.45. The molecule has 0 spiro atoms. The number of amides is 2. The number of allylic oxidation sites excluding steroid dienone is 1. The summed E-state index contributed by atoms with van der Waals surface area (Å²) in [6, 6.07) is 20.4. The van der Waals surface area contributed by atoms with Crippen molar-refractivity contribution in [3.8, 4) is 0 Å². The lowest BCUT2D eigenvalue weighted by Gasteiger charge is -2.31. The lowest BCUT2D eigenvalue weighted by molar-refractivity contribution is -0.133. The van der Waals surface area contributed by atoms with Crippen LogP contribution < -0.4 is 10.7 Å². The van der Waals surface area contributed by atoms with E-state index in [1.54, 1.807) is 0 Å². The molecule has 0 radical (unpaired) electrons. The van der Waals surface area contributed by atoms with Crippen molar-refractivity contribution in [3.05, 3.63) is 128 Å². The van der Waals surface area contributed by atoms with E-state index in [-0.39, 0.29) is 28.7 Å². The van der Waals surface area contributed by atoms with E-state index in [9.17, 15) is 18.8 Å². The minimum Gasteiger partial charge on any atom is -0.451 e. The Balaban J connectivity index is 1.19. The summed E-state index contributed by atoms with van der Waals surface area (Å²) in [6.45, 7) is 1.49. The average Bonchev–Trinajstić information content (AvgIpc) is 3.03. The number of rotatable bonds is 8. The highest BCUT2D eigenvalue weighted by molar-refractivity contribution is 6.30. The molecule has 2 fully saturated rings. The molecular weight excluding hydrogens is 591 g/mol. The third-order valence-corrected chi connectivity index (χ3v) is 9.19. The maximum atomic E-state index is 13.8. The van der Waals surface area contributed by atoms with Gasteiger partial charge in [-0.15, -0.1) is 0 Å². The van der Waals surface area contributed by atoms with E-state index in [1.165, 1.54) is 28.8 Å². The Morgan fingerprint density at radius 3 is 2.56 bits per heavy atom.